The second-order valence-electron chi connectivity index (χ2n) is 5.17. The molecule has 0 bridgehead atoms. The Morgan fingerprint density at radius 2 is 1.76 bits per heavy atom. The normalized spacial score (nSPS) is 26.6. The lowest BCUT2D eigenvalue weighted by Crippen LogP contribution is -2.40. The highest BCUT2D eigenvalue weighted by Crippen LogP contribution is 2.22. The van der Waals surface area contributed by atoms with E-state index in [1.165, 1.54) is 19.5 Å². The summed E-state index contributed by atoms with van der Waals surface area (Å²) in [5, 5.41) is 0. The molecule has 1 heterocycles. The Bertz CT molecular complexity index is 193. The van der Waals surface area contributed by atoms with E-state index >= 15 is 0 Å². The van der Waals surface area contributed by atoms with Crippen LogP contribution in [-0.2, 0) is 9.47 Å². The van der Waals surface area contributed by atoms with Gasteiger partial charge in [0.25, 0.3) is 0 Å². The smallest absolute Gasteiger partial charge is 0.158 e. The maximum Gasteiger partial charge on any atom is 0.158 e. The van der Waals surface area contributed by atoms with E-state index in [0.717, 1.165) is 38.0 Å². The molecule has 1 aliphatic rings. The van der Waals surface area contributed by atoms with Gasteiger partial charge in [-0.25, -0.2) is 0 Å². The number of ether oxygens (including phenoxy) is 2. The van der Waals surface area contributed by atoms with Crippen molar-refractivity contribution in [3.63, 3.8) is 0 Å². The van der Waals surface area contributed by atoms with Crippen LogP contribution in [0.3, 0.4) is 0 Å². The topological polar surface area (TPSA) is 21.7 Å². The van der Waals surface area contributed by atoms with Crippen LogP contribution in [0.15, 0.2) is 0 Å². The molecule has 0 saturated carbocycles. The largest absolute Gasteiger partial charge is 0.353 e. The fourth-order valence-electron chi connectivity index (χ4n) is 2.43. The lowest BCUT2D eigenvalue weighted by molar-refractivity contribution is -0.142. The Morgan fingerprint density at radius 1 is 1.12 bits per heavy atom. The van der Waals surface area contributed by atoms with Crippen molar-refractivity contribution in [3.8, 4) is 0 Å². The maximum atomic E-state index is 5.57. The Labute approximate surface area is 106 Å². The van der Waals surface area contributed by atoms with Gasteiger partial charge in [0.2, 0.25) is 0 Å². The van der Waals surface area contributed by atoms with Gasteiger partial charge in [-0.05, 0) is 38.6 Å². The molecule has 3 nitrogen and oxygen atoms in total. The van der Waals surface area contributed by atoms with Gasteiger partial charge in [0.1, 0.15) is 0 Å². The minimum Gasteiger partial charge on any atom is -0.353 e. The molecule has 3 heteroatoms. The molecule has 0 radical (unpaired) electrons. The molecule has 1 saturated heterocycles. The van der Waals surface area contributed by atoms with Crippen molar-refractivity contribution >= 4 is 0 Å². The molecule has 102 valence electrons. The summed E-state index contributed by atoms with van der Waals surface area (Å²) in [6.07, 6.45) is 2.30. The van der Waals surface area contributed by atoms with Crippen molar-refractivity contribution in [2.24, 2.45) is 11.8 Å². The quantitative estimate of drug-likeness (QED) is 0.642. The number of hydrogen-bond donors (Lipinski definition) is 0. The molecule has 17 heavy (non-hydrogen) atoms. The van der Waals surface area contributed by atoms with E-state index in [9.17, 15) is 0 Å². The lowest BCUT2D eigenvalue weighted by Gasteiger charge is -2.35. The van der Waals surface area contributed by atoms with Gasteiger partial charge in [-0.15, -0.1) is 0 Å². The standard InChI is InChI=1S/C14H29NO2/c1-5-16-14(17-6-2)8-10-15-9-7-12(3)13(4)11-15/h12-14H,5-11H2,1-4H3. The first kappa shape index (κ1) is 14.9. The third-order valence-electron chi connectivity index (χ3n) is 3.80. The number of hydrogen-bond acceptors (Lipinski definition) is 3. The fourth-order valence-corrected chi connectivity index (χ4v) is 2.43. The summed E-state index contributed by atoms with van der Waals surface area (Å²) < 4.78 is 11.1. The van der Waals surface area contributed by atoms with E-state index in [4.69, 9.17) is 9.47 Å². The molecule has 0 N–H and O–H groups in total. The second kappa shape index (κ2) is 8.06. The molecular formula is C14H29NO2. The van der Waals surface area contributed by atoms with E-state index in [-0.39, 0.29) is 6.29 Å². The maximum absolute atomic E-state index is 5.57. The summed E-state index contributed by atoms with van der Waals surface area (Å²) in [6.45, 7) is 13.8. The highest BCUT2D eigenvalue weighted by molar-refractivity contribution is 4.75. The minimum atomic E-state index is -0.0142. The monoisotopic (exact) mass is 243 g/mol. The van der Waals surface area contributed by atoms with Crippen molar-refractivity contribution < 1.29 is 9.47 Å². The van der Waals surface area contributed by atoms with Gasteiger partial charge in [-0.2, -0.15) is 0 Å². The van der Waals surface area contributed by atoms with Crippen LogP contribution in [0.5, 0.6) is 0 Å². The molecule has 0 aromatic carbocycles. The fraction of sp³-hybridized carbons (Fsp3) is 1.00. The molecule has 1 rings (SSSR count). The van der Waals surface area contributed by atoms with Gasteiger partial charge < -0.3 is 14.4 Å². The predicted molar refractivity (Wildman–Crippen MR) is 71.0 cm³/mol. The Hall–Kier alpha value is -0.120. The molecule has 1 fully saturated rings. The first-order valence-corrected chi connectivity index (χ1v) is 7.12. The minimum absolute atomic E-state index is 0.0142. The number of rotatable bonds is 7. The van der Waals surface area contributed by atoms with Gasteiger partial charge in [0.05, 0.1) is 0 Å². The molecule has 2 atom stereocenters. The van der Waals surface area contributed by atoms with Crippen molar-refractivity contribution in [1.82, 2.24) is 4.90 Å². The Kier molecular flexibility index (Phi) is 7.09. The predicted octanol–water partition coefficient (Wildman–Crippen LogP) is 2.75. The van der Waals surface area contributed by atoms with Crippen molar-refractivity contribution in [2.75, 3.05) is 32.8 Å². The highest BCUT2D eigenvalue weighted by Gasteiger charge is 2.23. The zero-order valence-corrected chi connectivity index (χ0v) is 11.9. The third kappa shape index (κ3) is 5.36. The molecule has 0 amide bonds. The SMILES string of the molecule is CCOC(CCN1CCC(C)C(C)C1)OCC. The number of nitrogens with zero attached hydrogens (tertiary/aromatic N) is 1. The molecule has 1 aliphatic heterocycles. The van der Waals surface area contributed by atoms with E-state index < -0.39 is 0 Å². The average molecular weight is 243 g/mol. The molecule has 0 aromatic rings. The second-order valence-corrected chi connectivity index (χ2v) is 5.17. The van der Waals surface area contributed by atoms with Gasteiger partial charge >= 0.3 is 0 Å². The van der Waals surface area contributed by atoms with Crippen LogP contribution in [-0.4, -0.2) is 44.0 Å². The van der Waals surface area contributed by atoms with Crippen molar-refractivity contribution in [1.29, 1.82) is 0 Å². The van der Waals surface area contributed by atoms with Crippen LogP contribution in [0.4, 0.5) is 0 Å². The van der Waals surface area contributed by atoms with E-state index in [0.29, 0.717) is 0 Å². The van der Waals surface area contributed by atoms with Crippen molar-refractivity contribution in [3.05, 3.63) is 0 Å². The van der Waals surface area contributed by atoms with E-state index in [1.807, 2.05) is 13.8 Å². The summed E-state index contributed by atoms with van der Waals surface area (Å²) in [6, 6.07) is 0. The van der Waals surface area contributed by atoms with Crippen molar-refractivity contribution in [2.45, 2.75) is 46.8 Å². The summed E-state index contributed by atoms with van der Waals surface area (Å²) in [5.41, 5.74) is 0. The van der Waals surface area contributed by atoms with Crippen LogP contribution in [0.1, 0.15) is 40.5 Å². The van der Waals surface area contributed by atoms with Gasteiger partial charge in [0, 0.05) is 32.7 Å². The molecule has 0 aromatic heterocycles. The highest BCUT2D eigenvalue weighted by atomic mass is 16.7. The van der Waals surface area contributed by atoms with E-state index in [1.54, 1.807) is 0 Å². The number of likely N-dealkylation sites (tertiary alicyclic amines) is 1. The first-order valence-electron chi connectivity index (χ1n) is 7.12. The summed E-state index contributed by atoms with van der Waals surface area (Å²) >= 11 is 0. The van der Waals surface area contributed by atoms with Crippen LogP contribution in [0.2, 0.25) is 0 Å². The first-order chi connectivity index (χ1) is 8.17. The zero-order valence-electron chi connectivity index (χ0n) is 11.9. The van der Waals surface area contributed by atoms with Gasteiger partial charge in [-0.3, -0.25) is 0 Å². The van der Waals surface area contributed by atoms with E-state index in [2.05, 4.69) is 18.7 Å². The van der Waals surface area contributed by atoms with Crippen LogP contribution < -0.4 is 0 Å². The summed E-state index contributed by atoms with van der Waals surface area (Å²) in [5.74, 6) is 1.70. The third-order valence-corrected chi connectivity index (χ3v) is 3.80. The lowest BCUT2D eigenvalue weighted by atomic mass is 9.89. The average Bonchev–Trinajstić information content (AvgIpc) is 2.31. The molecule has 0 aliphatic carbocycles. The van der Waals surface area contributed by atoms with Gasteiger partial charge in [-0.1, -0.05) is 13.8 Å². The Morgan fingerprint density at radius 3 is 2.29 bits per heavy atom. The van der Waals surface area contributed by atoms with Crippen LogP contribution >= 0.6 is 0 Å². The zero-order chi connectivity index (χ0) is 12.7. The molecular weight excluding hydrogens is 214 g/mol. The van der Waals surface area contributed by atoms with Crippen LogP contribution in [0, 0.1) is 11.8 Å². The number of piperidine rings is 1. The van der Waals surface area contributed by atoms with Crippen LogP contribution in [0.25, 0.3) is 0 Å². The molecule has 2 unspecified atom stereocenters. The molecule has 0 spiro atoms. The summed E-state index contributed by atoms with van der Waals surface area (Å²) in [4.78, 5) is 2.55. The summed E-state index contributed by atoms with van der Waals surface area (Å²) in [7, 11) is 0. The van der Waals surface area contributed by atoms with Gasteiger partial charge in [0.15, 0.2) is 6.29 Å². The Balaban J connectivity index is 2.24.